The van der Waals surface area contributed by atoms with Gasteiger partial charge in [-0.2, -0.15) is 13.7 Å². The molecule has 0 aliphatic rings. The van der Waals surface area contributed by atoms with Gasteiger partial charge in [0.2, 0.25) is 0 Å². The Morgan fingerprint density at radius 3 is 2.38 bits per heavy atom. The first-order valence-corrected chi connectivity index (χ1v) is 10.9. The molecule has 0 atom stereocenters. The summed E-state index contributed by atoms with van der Waals surface area (Å²) in [5.74, 6) is 0.00842. The van der Waals surface area contributed by atoms with Crippen molar-refractivity contribution < 1.29 is 22.1 Å². The minimum absolute atomic E-state index is 0.0272. The van der Waals surface area contributed by atoms with Crippen LogP contribution in [0.4, 0.5) is 5.69 Å². The number of carbonyl (C=O) groups excluding carboxylic acids is 1. The van der Waals surface area contributed by atoms with Crippen molar-refractivity contribution in [3.63, 3.8) is 0 Å². The topological polar surface area (TPSA) is 105 Å². The van der Waals surface area contributed by atoms with Crippen molar-refractivity contribution in [2.24, 2.45) is 0 Å². The lowest BCUT2D eigenvalue weighted by Crippen LogP contribution is -2.13. The smallest absolute Gasteiger partial charge is 0.339 e. The summed E-state index contributed by atoms with van der Waals surface area (Å²) in [6.07, 6.45) is 1.35. The molecule has 3 rings (SSSR count). The van der Waals surface area contributed by atoms with Gasteiger partial charge >= 0.3 is 10.1 Å². The van der Waals surface area contributed by atoms with Crippen molar-refractivity contribution in [1.29, 1.82) is 5.26 Å². The molecular weight excluding hydrogens is 428 g/mol. The highest BCUT2D eigenvalue weighted by atomic mass is 32.2. The lowest BCUT2D eigenvalue weighted by Gasteiger charge is -2.08. The van der Waals surface area contributed by atoms with Gasteiger partial charge in [0.25, 0.3) is 5.91 Å². The number of rotatable bonds is 7. The highest BCUT2D eigenvalue weighted by molar-refractivity contribution is 7.87. The van der Waals surface area contributed by atoms with Crippen molar-refractivity contribution in [2.45, 2.75) is 11.8 Å². The molecule has 3 aromatic rings. The van der Waals surface area contributed by atoms with E-state index in [-0.39, 0.29) is 16.2 Å². The van der Waals surface area contributed by atoms with Gasteiger partial charge in [-0.05, 0) is 55.0 Å². The third kappa shape index (κ3) is 5.74. The number of hydrogen-bond donors (Lipinski definition) is 1. The number of carbonyl (C=O) groups is 1. The number of benzene rings is 3. The maximum atomic E-state index is 12.5. The summed E-state index contributed by atoms with van der Waals surface area (Å²) in [5.41, 5.74) is 1.66. The first-order valence-electron chi connectivity index (χ1n) is 9.49. The van der Waals surface area contributed by atoms with E-state index in [2.05, 4.69) is 5.32 Å². The zero-order chi connectivity index (χ0) is 23.1. The summed E-state index contributed by atoms with van der Waals surface area (Å²) in [7, 11) is -2.51. The van der Waals surface area contributed by atoms with Gasteiger partial charge < -0.3 is 14.2 Å². The number of nitrogens with one attached hydrogen (secondary N) is 1. The van der Waals surface area contributed by atoms with E-state index in [1.165, 1.54) is 37.5 Å². The normalized spacial score (nSPS) is 11.3. The summed E-state index contributed by atoms with van der Waals surface area (Å²) in [6.45, 7) is 1.85. The van der Waals surface area contributed by atoms with Crippen LogP contribution < -0.4 is 14.2 Å². The molecule has 162 valence electrons. The third-order valence-corrected chi connectivity index (χ3v) is 5.64. The Bertz CT molecular complexity index is 1310. The van der Waals surface area contributed by atoms with Crippen LogP contribution in [0.25, 0.3) is 6.08 Å². The minimum atomic E-state index is -4.02. The van der Waals surface area contributed by atoms with Gasteiger partial charge in [-0.3, -0.25) is 4.79 Å². The molecule has 0 aliphatic heterocycles. The van der Waals surface area contributed by atoms with E-state index in [0.717, 1.165) is 5.56 Å². The Morgan fingerprint density at radius 2 is 1.69 bits per heavy atom. The van der Waals surface area contributed by atoms with E-state index in [4.69, 9.17) is 8.92 Å². The van der Waals surface area contributed by atoms with E-state index in [1.807, 2.05) is 13.0 Å². The summed E-state index contributed by atoms with van der Waals surface area (Å²) in [6, 6.07) is 21.0. The molecule has 0 spiro atoms. The molecule has 3 aromatic carbocycles. The number of aryl methyl sites for hydroxylation is 1. The average Bonchev–Trinajstić information content (AvgIpc) is 2.77. The van der Waals surface area contributed by atoms with Gasteiger partial charge in [-0.15, -0.1) is 0 Å². The molecule has 7 nitrogen and oxygen atoms in total. The highest BCUT2D eigenvalue weighted by Gasteiger charge is 2.17. The van der Waals surface area contributed by atoms with Crippen molar-refractivity contribution in [3.8, 4) is 17.6 Å². The number of methoxy groups -OCH3 is 1. The maximum absolute atomic E-state index is 12.5. The van der Waals surface area contributed by atoms with Crippen LogP contribution in [0.1, 0.15) is 11.1 Å². The van der Waals surface area contributed by atoms with Crippen LogP contribution >= 0.6 is 0 Å². The fraction of sp³-hybridized carbons (Fsp3) is 0.0833. The standard InChI is InChI=1S/C24H20N2O5S/c1-17-9-11-23(12-10-17)32(28,29)31-22-8-3-5-18(14-22)13-19(16-25)24(27)26-20-6-4-7-21(15-20)30-2/h3-15H,1-2H3,(H,26,27)/b19-13+. The maximum Gasteiger partial charge on any atom is 0.339 e. The molecule has 0 saturated carbocycles. The summed E-state index contributed by atoms with van der Waals surface area (Å²) < 4.78 is 35.3. The van der Waals surface area contributed by atoms with Crippen LogP contribution in [0.15, 0.2) is 83.3 Å². The summed E-state index contributed by atoms with van der Waals surface area (Å²) in [5, 5.41) is 12.1. The second-order valence-corrected chi connectivity index (χ2v) is 8.33. The zero-order valence-corrected chi connectivity index (χ0v) is 18.2. The molecule has 1 amide bonds. The molecule has 1 N–H and O–H groups in total. The molecule has 0 aliphatic carbocycles. The van der Waals surface area contributed by atoms with Crippen LogP contribution in [0, 0.1) is 18.3 Å². The molecular formula is C24H20N2O5S. The first kappa shape index (κ1) is 22.6. The largest absolute Gasteiger partial charge is 0.497 e. The monoisotopic (exact) mass is 448 g/mol. The Morgan fingerprint density at radius 1 is 1.00 bits per heavy atom. The van der Waals surface area contributed by atoms with Crippen molar-refractivity contribution in [1.82, 2.24) is 0 Å². The molecule has 0 radical (unpaired) electrons. The van der Waals surface area contributed by atoms with E-state index in [1.54, 1.807) is 48.5 Å². The average molecular weight is 449 g/mol. The van der Waals surface area contributed by atoms with Crippen LogP contribution in [0.3, 0.4) is 0 Å². The van der Waals surface area contributed by atoms with Crippen molar-refractivity contribution >= 4 is 27.8 Å². The Balaban J connectivity index is 1.80. The second-order valence-electron chi connectivity index (χ2n) is 6.78. The summed E-state index contributed by atoms with van der Waals surface area (Å²) in [4.78, 5) is 12.5. The molecule has 0 heterocycles. The lowest BCUT2D eigenvalue weighted by molar-refractivity contribution is -0.112. The molecule has 8 heteroatoms. The SMILES string of the molecule is COc1cccc(NC(=O)/C(C#N)=C/c2cccc(OS(=O)(=O)c3ccc(C)cc3)c2)c1. The van der Waals surface area contributed by atoms with Gasteiger partial charge in [-0.25, -0.2) is 0 Å². The quantitative estimate of drug-likeness (QED) is 0.328. The predicted molar refractivity (Wildman–Crippen MR) is 121 cm³/mol. The van der Waals surface area contributed by atoms with E-state index in [9.17, 15) is 18.5 Å². The lowest BCUT2D eigenvalue weighted by atomic mass is 10.1. The third-order valence-electron chi connectivity index (χ3n) is 4.38. The van der Waals surface area contributed by atoms with Crippen LogP contribution in [-0.4, -0.2) is 21.4 Å². The fourth-order valence-electron chi connectivity index (χ4n) is 2.75. The number of nitriles is 1. The van der Waals surface area contributed by atoms with E-state index in [0.29, 0.717) is 17.0 Å². The van der Waals surface area contributed by atoms with Crippen molar-refractivity contribution in [2.75, 3.05) is 12.4 Å². The Kier molecular flexibility index (Phi) is 6.93. The molecule has 0 aromatic heterocycles. The predicted octanol–water partition coefficient (Wildman–Crippen LogP) is 4.32. The van der Waals surface area contributed by atoms with Crippen molar-refractivity contribution in [3.05, 3.63) is 89.5 Å². The number of anilines is 1. The Labute approximate surface area is 186 Å². The van der Waals surface area contributed by atoms with Gasteiger partial charge in [0, 0.05) is 11.8 Å². The van der Waals surface area contributed by atoms with Crippen LogP contribution in [-0.2, 0) is 14.9 Å². The van der Waals surface area contributed by atoms with Gasteiger partial charge in [-0.1, -0.05) is 35.9 Å². The number of hydrogen-bond acceptors (Lipinski definition) is 6. The molecule has 0 bridgehead atoms. The molecule has 0 unspecified atom stereocenters. The molecule has 32 heavy (non-hydrogen) atoms. The van der Waals surface area contributed by atoms with E-state index >= 15 is 0 Å². The number of amides is 1. The minimum Gasteiger partial charge on any atom is -0.497 e. The Hall–Kier alpha value is -4.09. The van der Waals surface area contributed by atoms with E-state index < -0.39 is 16.0 Å². The van der Waals surface area contributed by atoms with Crippen LogP contribution in [0.5, 0.6) is 11.5 Å². The molecule has 0 saturated heterocycles. The van der Waals surface area contributed by atoms with Crippen LogP contribution in [0.2, 0.25) is 0 Å². The summed E-state index contributed by atoms with van der Waals surface area (Å²) >= 11 is 0. The van der Waals surface area contributed by atoms with Gasteiger partial charge in [0.1, 0.15) is 28.0 Å². The number of ether oxygens (including phenoxy) is 1. The fourth-order valence-corrected chi connectivity index (χ4v) is 3.67. The molecule has 0 fully saturated rings. The first-order chi connectivity index (χ1) is 15.3. The zero-order valence-electron chi connectivity index (χ0n) is 17.4. The highest BCUT2D eigenvalue weighted by Crippen LogP contribution is 2.22. The van der Waals surface area contributed by atoms with Gasteiger partial charge in [0.15, 0.2) is 0 Å². The number of nitrogens with zero attached hydrogens (tertiary/aromatic N) is 1. The van der Waals surface area contributed by atoms with Gasteiger partial charge in [0.05, 0.1) is 7.11 Å². The second kappa shape index (κ2) is 9.81.